The molecule has 116 valence electrons. The molecule has 1 rings (SSSR count). The minimum Gasteiger partial charge on any atom is -0.342 e. The number of nitro benzene ring substituents is 1. The van der Waals surface area contributed by atoms with Crippen LogP contribution in [0.15, 0.2) is 12.1 Å². The molecule has 0 atom stereocenters. The maximum atomic E-state index is 13.5. The summed E-state index contributed by atoms with van der Waals surface area (Å²) in [5.74, 6) is -2.27. The standard InChI is InChI=1S/C13H17F2N3O3/c1-3-17(4-2)13(19)8-16-7-9-5-12(18(20)21)11(15)6-10(9)14/h5-6,16H,3-4,7-8H2,1-2H3. The van der Waals surface area contributed by atoms with Gasteiger partial charge in [-0.3, -0.25) is 14.9 Å². The lowest BCUT2D eigenvalue weighted by molar-refractivity contribution is -0.387. The van der Waals surface area contributed by atoms with E-state index >= 15 is 0 Å². The fourth-order valence-corrected chi connectivity index (χ4v) is 1.85. The highest BCUT2D eigenvalue weighted by molar-refractivity contribution is 5.78. The Labute approximate surface area is 120 Å². The molecule has 0 fully saturated rings. The zero-order chi connectivity index (χ0) is 16.0. The average Bonchev–Trinajstić information content (AvgIpc) is 2.42. The van der Waals surface area contributed by atoms with Crippen LogP contribution in [0.1, 0.15) is 19.4 Å². The van der Waals surface area contributed by atoms with E-state index in [9.17, 15) is 23.7 Å². The predicted molar refractivity (Wildman–Crippen MR) is 72.6 cm³/mol. The number of likely N-dealkylation sites (N-methyl/N-ethyl adjacent to an activating group) is 1. The number of hydrogen-bond donors (Lipinski definition) is 1. The summed E-state index contributed by atoms with van der Waals surface area (Å²) in [4.78, 5) is 23.0. The van der Waals surface area contributed by atoms with E-state index in [-0.39, 0.29) is 24.6 Å². The maximum Gasteiger partial charge on any atom is 0.305 e. The Morgan fingerprint density at radius 2 is 1.90 bits per heavy atom. The number of nitrogens with zero attached hydrogens (tertiary/aromatic N) is 2. The van der Waals surface area contributed by atoms with Gasteiger partial charge in [0.2, 0.25) is 11.7 Å². The molecule has 1 aromatic rings. The Bertz CT molecular complexity index is 534. The van der Waals surface area contributed by atoms with Gasteiger partial charge in [0.15, 0.2) is 0 Å². The van der Waals surface area contributed by atoms with Crippen LogP contribution in [0.4, 0.5) is 14.5 Å². The fourth-order valence-electron chi connectivity index (χ4n) is 1.85. The van der Waals surface area contributed by atoms with Crippen LogP contribution >= 0.6 is 0 Å². The molecule has 0 aliphatic rings. The smallest absolute Gasteiger partial charge is 0.305 e. The summed E-state index contributed by atoms with van der Waals surface area (Å²) < 4.78 is 26.7. The molecule has 1 aromatic carbocycles. The molecule has 0 spiro atoms. The molecule has 0 radical (unpaired) electrons. The van der Waals surface area contributed by atoms with Crippen molar-refractivity contribution in [1.82, 2.24) is 10.2 Å². The summed E-state index contributed by atoms with van der Waals surface area (Å²) >= 11 is 0. The van der Waals surface area contributed by atoms with Crippen molar-refractivity contribution in [3.8, 4) is 0 Å². The summed E-state index contributed by atoms with van der Waals surface area (Å²) in [6.07, 6.45) is 0. The van der Waals surface area contributed by atoms with Gasteiger partial charge in [-0.05, 0) is 13.8 Å². The second-order valence-corrected chi connectivity index (χ2v) is 4.32. The quantitative estimate of drug-likeness (QED) is 0.616. The first-order valence-electron chi connectivity index (χ1n) is 6.51. The largest absolute Gasteiger partial charge is 0.342 e. The van der Waals surface area contributed by atoms with Crippen molar-refractivity contribution in [2.24, 2.45) is 0 Å². The van der Waals surface area contributed by atoms with Crippen molar-refractivity contribution in [3.63, 3.8) is 0 Å². The van der Waals surface area contributed by atoms with Crippen LogP contribution in [-0.2, 0) is 11.3 Å². The van der Waals surface area contributed by atoms with E-state index in [0.717, 1.165) is 6.07 Å². The van der Waals surface area contributed by atoms with Gasteiger partial charge in [0.05, 0.1) is 11.5 Å². The number of hydrogen-bond acceptors (Lipinski definition) is 4. The molecule has 0 heterocycles. The molecule has 1 amide bonds. The zero-order valence-electron chi connectivity index (χ0n) is 11.9. The molecule has 0 saturated heterocycles. The van der Waals surface area contributed by atoms with Crippen LogP contribution in [0.5, 0.6) is 0 Å². The normalized spacial score (nSPS) is 10.5. The lowest BCUT2D eigenvalue weighted by Gasteiger charge is -2.18. The lowest BCUT2D eigenvalue weighted by Crippen LogP contribution is -2.37. The van der Waals surface area contributed by atoms with Gasteiger partial charge in [0, 0.05) is 37.3 Å². The molecule has 8 heteroatoms. The summed E-state index contributed by atoms with van der Waals surface area (Å²) in [7, 11) is 0. The van der Waals surface area contributed by atoms with Crippen molar-refractivity contribution in [2.75, 3.05) is 19.6 Å². The summed E-state index contributed by atoms with van der Waals surface area (Å²) in [6.45, 7) is 4.68. The Morgan fingerprint density at radius 3 is 2.43 bits per heavy atom. The average molecular weight is 301 g/mol. The minimum absolute atomic E-state index is 0.0215. The molecule has 0 aromatic heterocycles. The highest BCUT2D eigenvalue weighted by Gasteiger charge is 2.18. The van der Waals surface area contributed by atoms with E-state index in [1.807, 2.05) is 13.8 Å². The van der Waals surface area contributed by atoms with Crippen molar-refractivity contribution in [1.29, 1.82) is 0 Å². The van der Waals surface area contributed by atoms with E-state index in [4.69, 9.17) is 0 Å². The third-order valence-electron chi connectivity index (χ3n) is 3.02. The van der Waals surface area contributed by atoms with Crippen molar-refractivity contribution in [2.45, 2.75) is 20.4 Å². The first-order chi connectivity index (χ1) is 9.90. The Morgan fingerprint density at radius 1 is 1.29 bits per heavy atom. The van der Waals surface area contributed by atoms with Crippen LogP contribution in [0.25, 0.3) is 0 Å². The molecular formula is C13H17F2N3O3. The fraction of sp³-hybridized carbons (Fsp3) is 0.462. The Hall–Kier alpha value is -2.09. The summed E-state index contributed by atoms with van der Waals surface area (Å²) in [6, 6.07) is 1.31. The van der Waals surface area contributed by atoms with E-state index in [2.05, 4.69) is 5.32 Å². The third kappa shape index (κ3) is 4.45. The monoisotopic (exact) mass is 301 g/mol. The van der Waals surface area contributed by atoms with Crippen LogP contribution < -0.4 is 5.32 Å². The van der Waals surface area contributed by atoms with Gasteiger partial charge in [0.25, 0.3) is 0 Å². The van der Waals surface area contributed by atoms with Crippen LogP contribution in [0.2, 0.25) is 0 Å². The number of carbonyl (C=O) groups is 1. The highest BCUT2D eigenvalue weighted by Crippen LogP contribution is 2.21. The van der Waals surface area contributed by atoms with E-state index in [0.29, 0.717) is 19.2 Å². The third-order valence-corrected chi connectivity index (χ3v) is 3.02. The molecule has 0 bridgehead atoms. The molecule has 0 unspecified atom stereocenters. The number of nitro groups is 1. The number of halogens is 2. The highest BCUT2D eigenvalue weighted by atomic mass is 19.1. The number of amides is 1. The van der Waals surface area contributed by atoms with Gasteiger partial charge in [-0.15, -0.1) is 0 Å². The zero-order valence-corrected chi connectivity index (χ0v) is 11.9. The van der Waals surface area contributed by atoms with Crippen LogP contribution in [-0.4, -0.2) is 35.4 Å². The second kappa shape index (κ2) is 7.63. The minimum atomic E-state index is -1.22. The van der Waals surface area contributed by atoms with Gasteiger partial charge >= 0.3 is 5.69 Å². The second-order valence-electron chi connectivity index (χ2n) is 4.32. The van der Waals surface area contributed by atoms with E-state index in [1.165, 1.54) is 0 Å². The van der Waals surface area contributed by atoms with Gasteiger partial charge in [-0.25, -0.2) is 4.39 Å². The molecule has 0 aliphatic heterocycles. The first-order valence-corrected chi connectivity index (χ1v) is 6.51. The number of nitrogens with one attached hydrogen (secondary N) is 1. The molecule has 0 saturated carbocycles. The van der Waals surface area contributed by atoms with Gasteiger partial charge < -0.3 is 10.2 Å². The SMILES string of the molecule is CCN(CC)C(=O)CNCc1cc([N+](=O)[O-])c(F)cc1F. The lowest BCUT2D eigenvalue weighted by atomic mass is 10.1. The Balaban J connectivity index is 2.70. The molecule has 6 nitrogen and oxygen atoms in total. The van der Waals surface area contributed by atoms with Crippen LogP contribution in [0.3, 0.4) is 0 Å². The van der Waals surface area contributed by atoms with Gasteiger partial charge in [0.1, 0.15) is 5.82 Å². The van der Waals surface area contributed by atoms with Crippen molar-refractivity contribution < 1.29 is 18.5 Å². The molecule has 1 N–H and O–H groups in total. The van der Waals surface area contributed by atoms with Gasteiger partial charge in [-0.2, -0.15) is 4.39 Å². The molecular weight excluding hydrogens is 284 g/mol. The van der Waals surface area contributed by atoms with Crippen LogP contribution in [0, 0.1) is 21.7 Å². The van der Waals surface area contributed by atoms with Crippen molar-refractivity contribution in [3.05, 3.63) is 39.4 Å². The predicted octanol–water partition coefficient (Wildman–Crippen LogP) is 1.83. The van der Waals surface area contributed by atoms with E-state index in [1.54, 1.807) is 4.90 Å². The first kappa shape index (κ1) is 17.0. The number of benzene rings is 1. The number of carbonyl (C=O) groups excluding carboxylic acids is 1. The summed E-state index contributed by atoms with van der Waals surface area (Å²) in [5.41, 5.74) is -0.848. The van der Waals surface area contributed by atoms with Gasteiger partial charge in [-0.1, -0.05) is 0 Å². The Kier molecular flexibility index (Phi) is 6.16. The summed E-state index contributed by atoms with van der Waals surface area (Å²) in [5, 5.41) is 13.3. The molecule has 0 aliphatic carbocycles. The topological polar surface area (TPSA) is 75.5 Å². The van der Waals surface area contributed by atoms with E-state index < -0.39 is 22.2 Å². The maximum absolute atomic E-state index is 13.5. The van der Waals surface area contributed by atoms with Crippen molar-refractivity contribution >= 4 is 11.6 Å². The molecule has 21 heavy (non-hydrogen) atoms. The number of rotatable bonds is 7.